The molecule has 0 fully saturated rings. The number of nitriles is 1. The highest BCUT2D eigenvalue weighted by molar-refractivity contribution is 9.11. The fourth-order valence-corrected chi connectivity index (χ4v) is 4.78. The van der Waals surface area contributed by atoms with Gasteiger partial charge in [-0.05, 0) is 52.3 Å². The van der Waals surface area contributed by atoms with Crippen molar-refractivity contribution in [2.75, 3.05) is 4.72 Å². The maximum absolute atomic E-state index is 12.4. The molecular weight excluding hydrogens is 488 g/mol. The average molecular weight is 495 g/mol. The largest absolute Gasteiger partial charge is 0.278 e. The first kappa shape index (κ1) is 16.5. The monoisotopic (exact) mass is 492 g/mol. The molecule has 2 rings (SSSR count). The highest BCUT2D eigenvalue weighted by atomic mass is 79.9. The molecule has 0 aliphatic carbocycles. The van der Waals surface area contributed by atoms with E-state index in [1.54, 1.807) is 24.3 Å². The lowest BCUT2D eigenvalue weighted by Gasteiger charge is -2.11. The van der Waals surface area contributed by atoms with E-state index in [4.69, 9.17) is 5.26 Å². The van der Waals surface area contributed by atoms with Crippen molar-refractivity contribution in [3.8, 4) is 6.07 Å². The Balaban J connectivity index is 2.45. The van der Waals surface area contributed by atoms with Crippen LogP contribution in [0.4, 0.5) is 5.69 Å². The number of sulfonamides is 1. The number of nitrogens with one attached hydrogen (secondary N) is 1. The highest BCUT2D eigenvalue weighted by Gasteiger charge is 2.19. The van der Waals surface area contributed by atoms with Gasteiger partial charge >= 0.3 is 0 Å². The Morgan fingerprint density at radius 1 is 1.00 bits per heavy atom. The van der Waals surface area contributed by atoms with Gasteiger partial charge in [0.1, 0.15) is 11.0 Å². The lowest BCUT2D eigenvalue weighted by Crippen LogP contribution is -2.14. The van der Waals surface area contributed by atoms with Crippen molar-refractivity contribution < 1.29 is 8.42 Å². The molecule has 4 nitrogen and oxygen atoms in total. The summed E-state index contributed by atoms with van der Waals surface area (Å²) in [6, 6.07) is 11.4. The lowest BCUT2D eigenvalue weighted by atomic mass is 10.2. The quantitative estimate of drug-likeness (QED) is 0.675. The summed E-state index contributed by atoms with van der Waals surface area (Å²) in [6.07, 6.45) is 0. The second-order valence-corrected chi connectivity index (χ2v) is 8.32. The number of halogens is 3. The third kappa shape index (κ3) is 3.86. The molecule has 108 valence electrons. The fourth-order valence-electron chi connectivity index (χ4n) is 1.59. The highest BCUT2D eigenvalue weighted by Crippen LogP contribution is 2.28. The van der Waals surface area contributed by atoms with Crippen LogP contribution >= 0.6 is 47.8 Å². The first-order valence-electron chi connectivity index (χ1n) is 5.51. The van der Waals surface area contributed by atoms with Crippen LogP contribution in [0.3, 0.4) is 0 Å². The van der Waals surface area contributed by atoms with Gasteiger partial charge in [0.25, 0.3) is 10.0 Å². The summed E-state index contributed by atoms with van der Waals surface area (Å²) in [7, 11) is -3.79. The number of nitrogens with zero attached hydrogens (tertiary/aromatic N) is 1. The van der Waals surface area contributed by atoms with Crippen molar-refractivity contribution in [2.45, 2.75) is 4.90 Å². The van der Waals surface area contributed by atoms with E-state index in [-0.39, 0.29) is 16.1 Å². The zero-order chi connectivity index (χ0) is 15.6. The van der Waals surface area contributed by atoms with Crippen LogP contribution < -0.4 is 4.72 Å². The molecule has 2 aromatic rings. The topological polar surface area (TPSA) is 70.0 Å². The average Bonchev–Trinajstić information content (AvgIpc) is 2.40. The van der Waals surface area contributed by atoms with E-state index in [1.165, 1.54) is 12.1 Å². The number of hydrogen-bond acceptors (Lipinski definition) is 3. The van der Waals surface area contributed by atoms with Gasteiger partial charge in [0, 0.05) is 13.4 Å². The van der Waals surface area contributed by atoms with Crippen molar-refractivity contribution >= 4 is 63.5 Å². The molecule has 0 aromatic heterocycles. The number of benzene rings is 2. The Morgan fingerprint density at radius 2 is 1.62 bits per heavy atom. The molecule has 21 heavy (non-hydrogen) atoms. The molecule has 0 amide bonds. The molecule has 1 N–H and O–H groups in total. The Bertz CT molecular complexity index is 845. The second-order valence-electron chi connectivity index (χ2n) is 3.98. The molecule has 0 saturated carbocycles. The Labute approximate surface area is 147 Å². The van der Waals surface area contributed by atoms with Gasteiger partial charge in [-0.1, -0.05) is 31.9 Å². The van der Waals surface area contributed by atoms with Gasteiger partial charge in [0.15, 0.2) is 0 Å². The SMILES string of the molecule is N#Cc1cc(Br)ccc1NS(=O)(=O)c1ccc(Br)cc1Br. The Morgan fingerprint density at radius 3 is 2.24 bits per heavy atom. The summed E-state index contributed by atoms with van der Waals surface area (Å²) in [5.74, 6) is 0. The van der Waals surface area contributed by atoms with Crippen LogP contribution in [0.15, 0.2) is 54.7 Å². The molecule has 0 unspecified atom stereocenters. The van der Waals surface area contributed by atoms with Gasteiger partial charge in [0.2, 0.25) is 0 Å². The normalized spacial score (nSPS) is 11.0. The fraction of sp³-hybridized carbons (Fsp3) is 0. The van der Waals surface area contributed by atoms with E-state index in [0.717, 1.165) is 4.47 Å². The van der Waals surface area contributed by atoms with Crippen LogP contribution in [0.2, 0.25) is 0 Å². The minimum absolute atomic E-state index is 0.0949. The molecule has 8 heteroatoms. The van der Waals surface area contributed by atoms with Crippen LogP contribution in [-0.2, 0) is 10.0 Å². The van der Waals surface area contributed by atoms with Gasteiger partial charge in [0.05, 0.1) is 11.3 Å². The third-order valence-electron chi connectivity index (χ3n) is 2.53. The molecule has 0 aliphatic rings. The third-order valence-corrected chi connectivity index (χ3v) is 5.86. The van der Waals surface area contributed by atoms with Crippen molar-refractivity contribution in [3.05, 3.63) is 55.4 Å². The number of anilines is 1. The number of hydrogen-bond donors (Lipinski definition) is 1. The first-order valence-corrected chi connectivity index (χ1v) is 9.37. The maximum Gasteiger partial charge on any atom is 0.263 e. The van der Waals surface area contributed by atoms with Crippen molar-refractivity contribution in [1.82, 2.24) is 0 Å². The van der Waals surface area contributed by atoms with Gasteiger partial charge < -0.3 is 0 Å². The van der Waals surface area contributed by atoms with Crippen LogP contribution in [0.1, 0.15) is 5.56 Å². The van der Waals surface area contributed by atoms with E-state index in [9.17, 15) is 8.42 Å². The molecule has 0 spiro atoms. The summed E-state index contributed by atoms with van der Waals surface area (Å²) in [6.45, 7) is 0. The Kier molecular flexibility index (Phi) is 5.09. The molecule has 0 radical (unpaired) electrons. The molecule has 0 aliphatic heterocycles. The predicted molar refractivity (Wildman–Crippen MR) is 91.5 cm³/mol. The van der Waals surface area contributed by atoms with Crippen molar-refractivity contribution in [1.29, 1.82) is 5.26 Å². The van der Waals surface area contributed by atoms with E-state index in [2.05, 4.69) is 52.5 Å². The maximum atomic E-state index is 12.4. The van der Waals surface area contributed by atoms with E-state index in [1.807, 2.05) is 6.07 Å². The first-order chi connectivity index (χ1) is 9.83. The van der Waals surface area contributed by atoms with Crippen LogP contribution in [0.5, 0.6) is 0 Å². The zero-order valence-corrected chi connectivity index (χ0v) is 15.8. The molecule has 0 saturated heterocycles. The van der Waals surface area contributed by atoms with E-state index in [0.29, 0.717) is 8.95 Å². The summed E-state index contributed by atoms with van der Waals surface area (Å²) < 4.78 is 29.1. The minimum Gasteiger partial charge on any atom is -0.278 e. The van der Waals surface area contributed by atoms with Gasteiger partial charge in [-0.2, -0.15) is 5.26 Å². The summed E-state index contributed by atoms with van der Waals surface area (Å²) in [5, 5.41) is 9.08. The summed E-state index contributed by atoms with van der Waals surface area (Å²) in [4.78, 5) is 0.0949. The molecule has 0 atom stereocenters. The van der Waals surface area contributed by atoms with Crippen molar-refractivity contribution in [3.63, 3.8) is 0 Å². The smallest absolute Gasteiger partial charge is 0.263 e. The van der Waals surface area contributed by atoms with Crippen LogP contribution in [-0.4, -0.2) is 8.42 Å². The summed E-state index contributed by atoms with van der Waals surface area (Å²) >= 11 is 9.73. The van der Waals surface area contributed by atoms with E-state index >= 15 is 0 Å². The van der Waals surface area contributed by atoms with Gasteiger partial charge in [-0.25, -0.2) is 8.42 Å². The number of rotatable bonds is 3. The second kappa shape index (κ2) is 6.48. The molecule has 0 bridgehead atoms. The lowest BCUT2D eigenvalue weighted by molar-refractivity contribution is 0.600. The predicted octanol–water partition coefficient (Wildman–Crippen LogP) is 4.65. The Hall–Kier alpha value is -0.880. The molecular formula is C13H7Br3N2O2S. The van der Waals surface area contributed by atoms with Gasteiger partial charge in [-0.3, -0.25) is 4.72 Å². The standard InChI is InChI=1S/C13H7Br3N2O2S/c14-9-1-3-12(8(5-9)7-17)18-21(19,20)13-4-2-10(15)6-11(13)16/h1-6,18H. The van der Waals surface area contributed by atoms with Crippen molar-refractivity contribution in [2.24, 2.45) is 0 Å². The van der Waals surface area contributed by atoms with Crippen LogP contribution in [0.25, 0.3) is 0 Å². The molecule has 2 aromatic carbocycles. The van der Waals surface area contributed by atoms with E-state index < -0.39 is 10.0 Å². The van der Waals surface area contributed by atoms with Gasteiger partial charge in [-0.15, -0.1) is 0 Å². The van der Waals surface area contributed by atoms with Crippen LogP contribution in [0, 0.1) is 11.3 Å². The zero-order valence-electron chi connectivity index (χ0n) is 10.3. The molecule has 0 heterocycles. The summed E-state index contributed by atoms with van der Waals surface area (Å²) in [5.41, 5.74) is 0.469. The minimum atomic E-state index is -3.79.